The van der Waals surface area contributed by atoms with Crippen LogP contribution in [0.3, 0.4) is 0 Å². The van der Waals surface area contributed by atoms with Crippen LogP contribution in [0.4, 0.5) is 5.69 Å². The van der Waals surface area contributed by atoms with Crippen LogP contribution in [0.5, 0.6) is 5.75 Å². The van der Waals surface area contributed by atoms with Crippen molar-refractivity contribution in [1.82, 2.24) is 0 Å². The number of ketones is 1. The van der Waals surface area contributed by atoms with Gasteiger partial charge in [-0.3, -0.25) is 4.79 Å². The van der Waals surface area contributed by atoms with Crippen molar-refractivity contribution in [3.63, 3.8) is 0 Å². The van der Waals surface area contributed by atoms with Gasteiger partial charge in [-0.1, -0.05) is 54.1 Å². The lowest BCUT2D eigenvalue weighted by molar-refractivity contribution is -0.117. The molecule has 5 rings (SSSR count). The first-order valence-corrected chi connectivity index (χ1v) is 14.9. The van der Waals surface area contributed by atoms with E-state index in [1.54, 1.807) is 36.4 Å². The highest BCUT2D eigenvalue weighted by Gasteiger charge is 2.26. The Bertz CT molecular complexity index is 1970. The standard InChI is InChI=1S/C19H16O4.C12H11ClN2O5S/c1-12(20)11-15(13-7-3-2-4-8-13)17-18(21)14-9-5-6-10-16(14)23-19(17)22;13-9-5-10(15-6-7-2-1-3-20-7)8(12(16)17)4-11(9)21(14,18)19/h2-10,15,21H,11H2,1H3;1-5,15H,6H2,(H,16,17)(H2,14,18,19). The van der Waals surface area contributed by atoms with Crippen molar-refractivity contribution in [2.75, 3.05) is 5.32 Å². The summed E-state index contributed by atoms with van der Waals surface area (Å²) in [6, 6.07) is 21.5. The molecule has 0 aliphatic rings. The van der Waals surface area contributed by atoms with Crippen LogP contribution < -0.4 is 16.1 Å². The summed E-state index contributed by atoms with van der Waals surface area (Å²) < 4.78 is 33.1. The average Bonchev–Trinajstić information content (AvgIpc) is 3.49. The van der Waals surface area contributed by atoms with E-state index in [0.717, 1.165) is 11.6 Å². The first-order valence-electron chi connectivity index (χ1n) is 13.0. The molecule has 228 valence electrons. The molecule has 5 N–H and O–H groups in total. The van der Waals surface area contributed by atoms with E-state index >= 15 is 0 Å². The topological polar surface area (TPSA) is 190 Å². The highest BCUT2D eigenvalue weighted by Crippen LogP contribution is 2.36. The van der Waals surface area contributed by atoms with Crippen LogP contribution in [0.1, 0.15) is 46.5 Å². The van der Waals surface area contributed by atoms with E-state index in [2.05, 4.69) is 5.32 Å². The van der Waals surface area contributed by atoms with Crippen molar-refractivity contribution in [3.05, 3.63) is 123 Å². The molecule has 0 aliphatic carbocycles. The highest BCUT2D eigenvalue weighted by molar-refractivity contribution is 7.89. The van der Waals surface area contributed by atoms with Gasteiger partial charge in [0.25, 0.3) is 0 Å². The van der Waals surface area contributed by atoms with Gasteiger partial charge in [0.1, 0.15) is 27.8 Å². The molecule has 0 fully saturated rings. The maximum absolute atomic E-state index is 12.4. The third kappa shape index (κ3) is 7.53. The normalized spacial score (nSPS) is 11.8. The molecule has 1 unspecified atom stereocenters. The lowest BCUT2D eigenvalue weighted by atomic mass is 9.87. The largest absolute Gasteiger partial charge is 0.507 e. The van der Waals surface area contributed by atoms with Crippen molar-refractivity contribution in [2.24, 2.45) is 5.14 Å². The maximum atomic E-state index is 12.4. The number of primary sulfonamides is 1. The van der Waals surface area contributed by atoms with Crippen LogP contribution in [0.2, 0.25) is 5.02 Å². The van der Waals surface area contributed by atoms with Crippen LogP contribution in [0.25, 0.3) is 11.0 Å². The van der Waals surface area contributed by atoms with Gasteiger partial charge in [0.15, 0.2) is 0 Å². The van der Waals surface area contributed by atoms with E-state index < -0.39 is 32.4 Å². The quantitative estimate of drug-likeness (QED) is 0.150. The molecule has 5 aromatic rings. The number of aromatic hydroxyl groups is 1. The zero-order chi connectivity index (χ0) is 32.0. The van der Waals surface area contributed by atoms with Gasteiger partial charge >= 0.3 is 11.6 Å². The van der Waals surface area contributed by atoms with Crippen LogP contribution in [-0.2, 0) is 21.4 Å². The number of fused-ring (bicyclic) bond motifs is 1. The van der Waals surface area contributed by atoms with Crippen LogP contribution in [-0.4, -0.2) is 30.4 Å². The molecule has 2 heterocycles. The Morgan fingerprint density at radius 2 is 1.70 bits per heavy atom. The number of anilines is 1. The number of hydrogen-bond acceptors (Lipinski definition) is 9. The molecular weight excluding hydrogens is 612 g/mol. The number of sulfonamides is 1. The fourth-order valence-electron chi connectivity index (χ4n) is 4.50. The number of hydrogen-bond donors (Lipinski definition) is 4. The summed E-state index contributed by atoms with van der Waals surface area (Å²) in [6.07, 6.45) is 1.60. The molecule has 44 heavy (non-hydrogen) atoms. The number of benzene rings is 3. The first-order chi connectivity index (χ1) is 20.9. The summed E-state index contributed by atoms with van der Waals surface area (Å²) in [5.41, 5.74) is 0.543. The summed E-state index contributed by atoms with van der Waals surface area (Å²) >= 11 is 5.84. The van der Waals surface area contributed by atoms with Crippen molar-refractivity contribution in [3.8, 4) is 5.75 Å². The molecule has 0 radical (unpaired) electrons. The van der Waals surface area contributed by atoms with Gasteiger partial charge in [0, 0.05) is 12.3 Å². The Morgan fingerprint density at radius 3 is 2.32 bits per heavy atom. The third-order valence-corrected chi connectivity index (χ3v) is 7.88. The number of carboxylic acids is 1. The van der Waals surface area contributed by atoms with Gasteiger partial charge in [0.05, 0.1) is 40.0 Å². The molecule has 1 atom stereocenters. The second-order valence-electron chi connectivity index (χ2n) is 9.63. The number of carbonyl (C=O) groups excluding carboxylic acids is 1. The number of furan rings is 1. The molecule has 11 nitrogen and oxygen atoms in total. The number of para-hydroxylation sites is 1. The average molecular weight is 639 g/mol. The summed E-state index contributed by atoms with van der Waals surface area (Å²) in [5.74, 6) is -1.44. The molecule has 0 saturated carbocycles. The van der Waals surface area contributed by atoms with E-state index in [9.17, 15) is 27.9 Å². The minimum absolute atomic E-state index is 0.0641. The molecular formula is C31H27ClN2O9S. The van der Waals surface area contributed by atoms with Gasteiger partial charge < -0.3 is 24.4 Å². The number of nitrogens with one attached hydrogen (secondary N) is 1. The highest BCUT2D eigenvalue weighted by atomic mass is 35.5. The number of nitrogens with two attached hydrogens (primary N) is 1. The van der Waals surface area contributed by atoms with E-state index in [1.165, 1.54) is 19.3 Å². The summed E-state index contributed by atoms with van der Waals surface area (Å²) in [7, 11) is -4.11. The molecule has 0 amide bonds. The number of aromatic carboxylic acids is 1. The number of carboxylic acid groups (broad SMARTS) is 1. The Kier molecular flexibility index (Phi) is 9.89. The van der Waals surface area contributed by atoms with Crippen LogP contribution >= 0.6 is 11.6 Å². The Balaban J connectivity index is 0.000000202. The molecule has 2 aromatic heterocycles. The predicted molar refractivity (Wildman–Crippen MR) is 164 cm³/mol. The second kappa shape index (κ2) is 13.6. The lowest BCUT2D eigenvalue weighted by Crippen LogP contribution is -2.16. The first kappa shape index (κ1) is 32.0. The monoisotopic (exact) mass is 638 g/mol. The molecule has 0 aliphatic heterocycles. The number of carbonyl (C=O) groups is 2. The fraction of sp³-hybridized carbons (Fsp3) is 0.129. The molecule has 3 aromatic carbocycles. The molecule has 0 saturated heterocycles. The van der Waals surface area contributed by atoms with E-state index in [4.69, 9.17) is 30.7 Å². The zero-order valence-electron chi connectivity index (χ0n) is 23.2. The van der Waals surface area contributed by atoms with Gasteiger partial charge in [-0.15, -0.1) is 0 Å². The smallest absolute Gasteiger partial charge is 0.343 e. The van der Waals surface area contributed by atoms with E-state index in [-0.39, 0.29) is 46.3 Å². The van der Waals surface area contributed by atoms with Crippen molar-refractivity contribution < 1.29 is 37.1 Å². The van der Waals surface area contributed by atoms with E-state index in [0.29, 0.717) is 16.7 Å². The predicted octanol–water partition coefficient (Wildman–Crippen LogP) is 5.50. The van der Waals surface area contributed by atoms with Crippen molar-refractivity contribution in [2.45, 2.75) is 30.7 Å². The third-order valence-electron chi connectivity index (χ3n) is 6.50. The zero-order valence-corrected chi connectivity index (χ0v) is 24.8. The minimum Gasteiger partial charge on any atom is -0.507 e. The van der Waals surface area contributed by atoms with Gasteiger partial charge in [-0.05, 0) is 48.9 Å². The SMILES string of the molecule is CC(=O)CC(c1ccccc1)c1c(O)c2ccccc2oc1=O.NS(=O)(=O)c1cc(C(=O)O)c(NCc2ccco2)cc1Cl. The molecule has 13 heteroatoms. The number of rotatable bonds is 9. The summed E-state index contributed by atoms with van der Waals surface area (Å²) in [4.78, 5) is 34.9. The number of Topliss-reactive ketones (excluding diaryl/α,β-unsaturated/α-hetero) is 1. The van der Waals surface area contributed by atoms with Crippen molar-refractivity contribution in [1.29, 1.82) is 0 Å². The Labute approximate surface area is 256 Å². The minimum atomic E-state index is -4.11. The molecule has 0 bridgehead atoms. The lowest BCUT2D eigenvalue weighted by Gasteiger charge is -2.17. The summed E-state index contributed by atoms with van der Waals surface area (Å²) in [6.45, 7) is 1.69. The van der Waals surface area contributed by atoms with Crippen LogP contribution in [0, 0.1) is 0 Å². The Morgan fingerprint density at radius 1 is 1.02 bits per heavy atom. The van der Waals surface area contributed by atoms with Gasteiger partial charge in [0.2, 0.25) is 10.0 Å². The second-order valence-corrected chi connectivity index (χ2v) is 11.6. The molecule has 0 spiro atoms. The van der Waals surface area contributed by atoms with Crippen molar-refractivity contribution >= 4 is 50.0 Å². The van der Waals surface area contributed by atoms with Crippen LogP contribution in [0.15, 0.2) is 104 Å². The maximum Gasteiger partial charge on any atom is 0.343 e. The van der Waals surface area contributed by atoms with Gasteiger partial charge in [-0.25, -0.2) is 23.1 Å². The Hall–Kier alpha value is -4.91. The summed E-state index contributed by atoms with van der Waals surface area (Å²) in [5, 5.41) is 27.9. The number of halogens is 1. The van der Waals surface area contributed by atoms with Gasteiger partial charge in [-0.2, -0.15) is 0 Å². The van der Waals surface area contributed by atoms with E-state index in [1.807, 2.05) is 30.3 Å². The fourth-order valence-corrected chi connectivity index (χ4v) is 5.60.